The van der Waals surface area contributed by atoms with Crippen LogP contribution in [0.3, 0.4) is 0 Å². The van der Waals surface area contributed by atoms with Crippen molar-refractivity contribution in [2.75, 3.05) is 0 Å². The highest BCUT2D eigenvalue weighted by Gasteiger charge is 2.17. The topological polar surface area (TPSA) is 38.9 Å². The van der Waals surface area contributed by atoms with Crippen molar-refractivity contribution in [2.24, 2.45) is 5.73 Å². The molecule has 0 spiro atoms. The molecule has 0 aliphatic carbocycles. The van der Waals surface area contributed by atoms with Crippen LogP contribution < -0.4 is 5.73 Å². The lowest BCUT2D eigenvalue weighted by Crippen LogP contribution is -2.14. The Morgan fingerprint density at radius 2 is 1.95 bits per heavy atom. The zero-order valence-corrected chi connectivity index (χ0v) is 11.3. The van der Waals surface area contributed by atoms with Crippen LogP contribution in [0, 0.1) is 5.82 Å². The third kappa shape index (κ3) is 2.26. The van der Waals surface area contributed by atoms with Crippen molar-refractivity contribution in [3.8, 4) is 0 Å². The van der Waals surface area contributed by atoms with Gasteiger partial charge in [-0.25, -0.2) is 4.39 Å². The van der Waals surface area contributed by atoms with Gasteiger partial charge >= 0.3 is 0 Å². The molecule has 2 N–H and O–H groups in total. The van der Waals surface area contributed by atoms with Gasteiger partial charge in [0.05, 0.1) is 11.6 Å². The Labute approximate surface area is 121 Å². The minimum atomic E-state index is -0.603. The molecule has 1 atom stereocenters. The highest BCUT2D eigenvalue weighted by atomic mass is 35.5. The maximum absolute atomic E-state index is 13.9. The van der Waals surface area contributed by atoms with Gasteiger partial charge in [0.2, 0.25) is 0 Å². The van der Waals surface area contributed by atoms with Crippen LogP contribution in [0.25, 0.3) is 10.9 Å². The van der Waals surface area contributed by atoms with Gasteiger partial charge < -0.3 is 5.73 Å². The minimum absolute atomic E-state index is 0.317. The van der Waals surface area contributed by atoms with Crippen molar-refractivity contribution >= 4 is 22.5 Å². The first-order valence-corrected chi connectivity index (χ1v) is 6.59. The van der Waals surface area contributed by atoms with E-state index < -0.39 is 11.9 Å². The van der Waals surface area contributed by atoms with Crippen LogP contribution in [0.2, 0.25) is 5.02 Å². The predicted octanol–water partition coefficient (Wildman–Crippen LogP) is 4.08. The summed E-state index contributed by atoms with van der Waals surface area (Å²) in [7, 11) is 0. The molecule has 0 aliphatic rings. The summed E-state index contributed by atoms with van der Waals surface area (Å²) in [5, 5.41) is 1.30. The number of halogens is 2. The van der Waals surface area contributed by atoms with Gasteiger partial charge in [-0.15, -0.1) is 0 Å². The van der Waals surface area contributed by atoms with Crippen LogP contribution in [0.1, 0.15) is 17.2 Å². The van der Waals surface area contributed by atoms with Crippen molar-refractivity contribution in [2.45, 2.75) is 6.04 Å². The molecule has 0 fully saturated rings. The highest BCUT2D eigenvalue weighted by molar-refractivity contribution is 6.31. The summed E-state index contributed by atoms with van der Waals surface area (Å²) in [6, 6.07) is 13.4. The van der Waals surface area contributed by atoms with Crippen LogP contribution >= 0.6 is 11.6 Å². The molecular formula is C16H12ClFN2. The van der Waals surface area contributed by atoms with Crippen LogP contribution in [0.5, 0.6) is 0 Å². The molecule has 3 aromatic rings. The summed E-state index contributed by atoms with van der Waals surface area (Å²) in [5.41, 5.74) is 8.16. The number of nitrogens with two attached hydrogens (primary N) is 1. The van der Waals surface area contributed by atoms with Crippen LogP contribution in [-0.2, 0) is 0 Å². The zero-order valence-electron chi connectivity index (χ0n) is 10.6. The number of pyridine rings is 1. The fourth-order valence-electron chi connectivity index (χ4n) is 2.26. The summed E-state index contributed by atoms with van der Waals surface area (Å²) in [6.07, 6.45) is 1.73. The Morgan fingerprint density at radius 3 is 2.75 bits per heavy atom. The van der Waals surface area contributed by atoms with Gasteiger partial charge in [0.25, 0.3) is 0 Å². The van der Waals surface area contributed by atoms with Gasteiger partial charge in [0, 0.05) is 22.2 Å². The van der Waals surface area contributed by atoms with E-state index in [-0.39, 0.29) is 0 Å². The van der Waals surface area contributed by atoms with Crippen molar-refractivity contribution in [3.63, 3.8) is 0 Å². The molecule has 0 radical (unpaired) electrons. The minimum Gasteiger partial charge on any atom is -0.320 e. The molecule has 0 bridgehead atoms. The molecule has 20 heavy (non-hydrogen) atoms. The second-order valence-electron chi connectivity index (χ2n) is 4.57. The van der Waals surface area contributed by atoms with Crippen molar-refractivity contribution in [1.29, 1.82) is 0 Å². The molecule has 1 aromatic heterocycles. The van der Waals surface area contributed by atoms with Gasteiger partial charge in [-0.2, -0.15) is 0 Å². The van der Waals surface area contributed by atoms with Crippen LogP contribution in [0.15, 0.2) is 54.7 Å². The number of rotatable bonds is 2. The monoisotopic (exact) mass is 286 g/mol. The molecule has 100 valence electrons. The Hall–Kier alpha value is -1.97. The second-order valence-corrected chi connectivity index (χ2v) is 4.98. The summed E-state index contributed by atoms with van der Waals surface area (Å²) in [6.45, 7) is 0. The molecule has 3 rings (SSSR count). The number of hydrogen-bond acceptors (Lipinski definition) is 2. The molecule has 2 aromatic carbocycles. The quantitative estimate of drug-likeness (QED) is 0.771. The van der Waals surface area contributed by atoms with E-state index in [0.29, 0.717) is 10.6 Å². The Morgan fingerprint density at radius 1 is 1.10 bits per heavy atom. The summed E-state index contributed by atoms with van der Waals surface area (Å²) in [5.74, 6) is -0.392. The fraction of sp³-hybridized carbons (Fsp3) is 0.0625. The average molecular weight is 287 g/mol. The maximum Gasteiger partial charge on any atom is 0.129 e. The fourth-order valence-corrected chi connectivity index (χ4v) is 2.54. The third-order valence-corrected chi connectivity index (χ3v) is 3.63. The second kappa shape index (κ2) is 5.19. The van der Waals surface area contributed by atoms with Gasteiger partial charge in [-0.1, -0.05) is 29.8 Å². The molecular weight excluding hydrogens is 275 g/mol. The van der Waals surface area contributed by atoms with Gasteiger partial charge in [0.1, 0.15) is 5.82 Å². The number of fused-ring (bicyclic) bond motifs is 1. The molecule has 1 heterocycles. The molecule has 1 unspecified atom stereocenters. The number of nitrogens with zero attached hydrogens (tertiary/aromatic N) is 1. The van der Waals surface area contributed by atoms with Crippen molar-refractivity contribution in [3.05, 3.63) is 76.7 Å². The van der Waals surface area contributed by atoms with E-state index in [1.807, 2.05) is 30.3 Å². The third-order valence-electron chi connectivity index (χ3n) is 3.30. The lowest BCUT2D eigenvalue weighted by atomic mass is 9.97. The van der Waals surface area contributed by atoms with E-state index in [0.717, 1.165) is 16.5 Å². The first-order chi connectivity index (χ1) is 9.66. The Balaban J connectivity index is 2.10. The van der Waals surface area contributed by atoms with Crippen molar-refractivity contribution in [1.82, 2.24) is 4.98 Å². The first-order valence-electron chi connectivity index (χ1n) is 6.21. The average Bonchev–Trinajstić information content (AvgIpc) is 2.46. The van der Waals surface area contributed by atoms with Gasteiger partial charge in [-0.05, 0) is 35.9 Å². The first kappa shape index (κ1) is 13.0. The highest BCUT2D eigenvalue weighted by Crippen LogP contribution is 2.30. The molecule has 0 saturated heterocycles. The molecule has 4 heteroatoms. The van der Waals surface area contributed by atoms with E-state index in [1.165, 1.54) is 6.07 Å². The van der Waals surface area contributed by atoms with Crippen molar-refractivity contribution < 1.29 is 4.39 Å². The predicted molar refractivity (Wildman–Crippen MR) is 79.2 cm³/mol. The zero-order chi connectivity index (χ0) is 14.1. The van der Waals surface area contributed by atoms with Gasteiger partial charge in [0.15, 0.2) is 0 Å². The maximum atomic E-state index is 13.9. The van der Waals surface area contributed by atoms with E-state index >= 15 is 0 Å². The molecule has 0 aliphatic heterocycles. The van der Waals surface area contributed by atoms with E-state index in [2.05, 4.69) is 4.98 Å². The number of aromatic nitrogens is 1. The molecule has 0 saturated carbocycles. The molecule has 0 amide bonds. The normalized spacial score (nSPS) is 12.6. The number of benzene rings is 2. The Kier molecular flexibility index (Phi) is 3.38. The smallest absolute Gasteiger partial charge is 0.129 e. The summed E-state index contributed by atoms with van der Waals surface area (Å²) < 4.78 is 13.9. The van der Waals surface area contributed by atoms with Gasteiger partial charge in [-0.3, -0.25) is 4.98 Å². The lowest BCUT2D eigenvalue weighted by Gasteiger charge is -2.15. The van der Waals surface area contributed by atoms with E-state index in [1.54, 1.807) is 18.3 Å². The van der Waals surface area contributed by atoms with Crippen LogP contribution in [0.4, 0.5) is 4.39 Å². The standard InChI is InChI=1S/C16H12ClFN2/c17-12-4-1-5-13(18)15(12)16(19)11-6-7-14-10(9-11)3-2-8-20-14/h1-9,16H,19H2. The van der Waals surface area contributed by atoms with E-state index in [4.69, 9.17) is 17.3 Å². The number of hydrogen-bond donors (Lipinski definition) is 1. The lowest BCUT2D eigenvalue weighted by molar-refractivity contribution is 0.600. The van der Waals surface area contributed by atoms with E-state index in [9.17, 15) is 4.39 Å². The Bertz CT molecular complexity index is 753. The summed E-state index contributed by atoms with van der Waals surface area (Å²) >= 11 is 6.06. The molecule has 2 nitrogen and oxygen atoms in total. The van der Waals surface area contributed by atoms with Crippen LogP contribution in [-0.4, -0.2) is 4.98 Å². The largest absolute Gasteiger partial charge is 0.320 e. The SMILES string of the molecule is NC(c1ccc2ncccc2c1)c1c(F)cccc1Cl. The summed E-state index contributed by atoms with van der Waals surface area (Å²) in [4.78, 5) is 4.25.